The second-order valence-electron chi connectivity index (χ2n) is 4.54. The summed E-state index contributed by atoms with van der Waals surface area (Å²) in [4.78, 5) is 11.2. The number of halogens is 1. The van der Waals surface area contributed by atoms with Crippen LogP contribution < -0.4 is 10.1 Å². The Labute approximate surface area is 131 Å². The minimum Gasteiger partial charge on any atom is -0.491 e. The quantitative estimate of drug-likeness (QED) is 0.775. The summed E-state index contributed by atoms with van der Waals surface area (Å²) >= 11 is 3.27. The molecule has 0 atom stereocenters. The van der Waals surface area contributed by atoms with Gasteiger partial charge in [-0.3, -0.25) is 0 Å². The SMILES string of the molecule is Cc1ccccc1OCCNc1ccc(Br)cc1C(=O)O. The molecule has 0 aliphatic heterocycles. The zero-order chi connectivity index (χ0) is 15.2. The van der Waals surface area contributed by atoms with Crippen molar-refractivity contribution in [1.82, 2.24) is 0 Å². The maximum atomic E-state index is 11.2. The van der Waals surface area contributed by atoms with Gasteiger partial charge >= 0.3 is 5.97 Å². The summed E-state index contributed by atoms with van der Waals surface area (Å²) in [7, 11) is 0. The fraction of sp³-hybridized carbons (Fsp3) is 0.188. The summed E-state index contributed by atoms with van der Waals surface area (Å²) in [6, 6.07) is 12.9. The van der Waals surface area contributed by atoms with Crippen molar-refractivity contribution >= 4 is 27.6 Å². The molecule has 0 aliphatic carbocycles. The van der Waals surface area contributed by atoms with Gasteiger partial charge in [0.2, 0.25) is 0 Å². The lowest BCUT2D eigenvalue weighted by Crippen LogP contribution is -2.14. The number of hydrogen-bond donors (Lipinski definition) is 2. The normalized spacial score (nSPS) is 10.2. The van der Waals surface area contributed by atoms with E-state index in [-0.39, 0.29) is 5.56 Å². The van der Waals surface area contributed by atoms with Crippen molar-refractivity contribution in [2.75, 3.05) is 18.5 Å². The van der Waals surface area contributed by atoms with E-state index in [1.54, 1.807) is 18.2 Å². The summed E-state index contributed by atoms with van der Waals surface area (Å²) in [5, 5.41) is 12.3. The van der Waals surface area contributed by atoms with Gasteiger partial charge in [0, 0.05) is 16.7 Å². The van der Waals surface area contributed by atoms with Gasteiger partial charge in [-0.25, -0.2) is 4.79 Å². The highest BCUT2D eigenvalue weighted by Gasteiger charge is 2.10. The Morgan fingerprint density at radius 3 is 2.76 bits per heavy atom. The lowest BCUT2D eigenvalue weighted by Gasteiger charge is -2.12. The summed E-state index contributed by atoms with van der Waals surface area (Å²) in [5.74, 6) is -0.118. The Kier molecular flexibility index (Phi) is 5.22. The molecule has 0 spiro atoms. The lowest BCUT2D eigenvalue weighted by atomic mass is 10.2. The molecule has 0 aromatic heterocycles. The fourth-order valence-electron chi connectivity index (χ4n) is 1.91. The molecule has 0 radical (unpaired) electrons. The molecule has 0 unspecified atom stereocenters. The summed E-state index contributed by atoms with van der Waals surface area (Å²) < 4.78 is 6.40. The largest absolute Gasteiger partial charge is 0.491 e. The van der Waals surface area contributed by atoms with Gasteiger partial charge in [0.25, 0.3) is 0 Å². The minimum absolute atomic E-state index is 0.236. The molecule has 110 valence electrons. The van der Waals surface area contributed by atoms with Gasteiger partial charge in [0.05, 0.1) is 5.56 Å². The van der Waals surface area contributed by atoms with Gasteiger partial charge in [-0.2, -0.15) is 0 Å². The molecular formula is C16H16BrNO3. The number of rotatable bonds is 6. The zero-order valence-corrected chi connectivity index (χ0v) is 13.2. The average Bonchev–Trinajstić information content (AvgIpc) is 2.46. The molecule has 2 rings (SSSR count). The Bertz CT molecular complexity index is 643. The topological polar surface area (TPSA) is 58.6 Å². The van der Waals surface area contributed by atoms with Crippen LogP contribution in [-0.2, 0) is 0 Å². The first-order valence-electron chi connectivity index (χ1n) is 6.53. The molecule has 0 amide bonds. The van der Waals surface area contributed by atoms with E-state index in [9.17, 15) is 4.79 Å². The second kappa shape index (κ2) is 7.13. The van der Waals surface area contributed by atoms with Gasteiger partial charge in [0.15, 0.2) is 0 Å². The van der Waals surface area contributed by atoms with Crippen molar-refractivity contribution in [3.05, 3.63) is 58.1 Å². The number of nitrogens with one attached hydrogen (secondary N) is 1. The van der Waals surface area contributed by atoms with Crippen LogP contribution in [0.2, 0.25) is 0 Å². The first kappa shape index (κ1) is 15.4. The Morgan fingerprint density at radius 2 is 2.05 bits per heavy atom. The predicted octanol–water partition coefficient (Wildman–Crippen LogP) is 3.95. The number of ether oxygens (including phenoxy) is 1. The van der Waals surface area contributed by atoms with Crippen LogP contribution in [0, 0.1) is 6.92 Å². The number of benzene rings is 2. The van der Waals surface area contributed by atoms with E-state index in [1.165, 1.54) is 0 Å². The summed E-state index contributed by atoms with van der Waals surface area (Å²) in [6.45, 7) is 2.97. The molecular weight excluding hydrogens is 334 g/mol. The Morgan fingerprint density at radius 1 is 1.29 bits per heavy atom. The Hall–Kier alpha value is -2.01. The van der Waals surface area contributed by atoms with E-state index in [0.29, 0.717) is 18.8 Å². The van der Waals surface area contributed by atoms with Crippen LogP contribution in [0.5, 0.6) is 5.75 Å². The average molecular weight is 350 g/mol. The minimum atomic E-state index is -0.960. The maximum absolute atomic E-state index is 11.2. The highest BCUT2D eigenvalue weighted by atomic mass is 79.9. The van der Waals surface area contributed by atoms with Gasteiger partial charge in [-0.1, -0.05) is 34.1 Å². The standard InChI is InChI=1S/C16H16BrNO3/c1-11-4-2-3-5-15(11)21-9-8-18-14-7-6-12(17)10-13(14)16(19)20/h2-7,10,18H,8-9H2,1H3,(H,19,20). The highest BCUT2D eigenvalue weighted by Crippen LogP contribution is 2.21. The van der Waals surface area contributed by atoms with Crippen molar-refractivity contribution < 1.29 is 14.6 Å². The van der Waals surface area contributed by atoms with Gasteiger partial charge in [0.1, 0.15) is 12.4 Å². The number of carboxylic acids is 1. The lowest BCUT2D eigenvalue weighted by molar-refractivity contribution is 0.0698. The molecule has 0 fully saturated rings. The second-order valence-corrected chi connectivity index (χ2v) is 5.45. The molecule has 0 heterocycles. The van der Waals surface area contributed by atoms with Crippen LogP contribution in [0.4, 0.5) is 5.69 Å². The van der Waals surface area contributed by atoms with E-state index in [2.05, 4.69) is 21.2 Å². The van der Waals surface area contributed by atoms with E-state index >= 15 is 0 Å². The van der Waals surface area contributed by atoms with E-state index in [4.69, 9.17) is 9.84 Å². The number of carbonyl (C=O) groups is 1. The fourth-order valence-corrected chi connectivity index (χ4v) is 2.27. The van der Waals surface area contributed by atoms with Crippen molar-refractivity contribution in [2.24, 2.45) is 0 Å². The van der Waals surface area contributed by atoms with Crippen molar-refractivity contribution in [1.29, 1.82) is 0 Å². The van der Waals surface area contributed by atoms with Crippen molar-refractivity contribution in [2.45, 2.75) is 6.92 Å². The number of carboxylic acid groups (broad SMARTS) is 1. The van der Waals surface area contributed by atoms with Crippen LogP contribution in [0.25, 0.3) is 0 Å². The van der Waals surface area contributed by atoms with Crippen LogP contribution in [0.3, 0.4) is 0 Å². The summed E-state index contributed by atoms with van der Waals surface area (Å²) in [5.41, 5.74) is 1.90. The van der Waals surface area contributed by atoms with Crippen molar-refractivity contribution in [3.8, 4) is 5.75 Å². The van der Waals surface area contributed by atoms with Crippen LogP contribution in [0.15, 0.2) is 46.9 Å². The molecule has 0 saturated carbocycles. The van der Waals surface area contributed by atoms with Gasteiger partial charge in [-0.05, 0) is 36.8 Å². The summed E-state index contributed by atoms with van der Waals surface area (Å²) in [6.07, 6.45) is 0. The van der Waals surface area contributed by atoms with Crippen LogP contribution >= 0.6 is 15.9 Å². The molecule has 2 aromatic rings. The number of hydrogen-bond acceptors (Lipinski definition) is 3. The molecule has 2 N–H and O–H groups in total. The third-order valence-corrected chi connectivity index (χ3v) is 3.47. The molecule has 0 bridgehead atoms. The number of para-hydroxylation sites is 1. The molecule has 4 nitrogen and oxygen atoms in total. The third kappa shape index (κ3) is 4.23. The number of anilines is 1. The molecule has 2 aromatic carbocycles. The molecule has 21 heavy (non-hydrogen) atoms. The predicted molar refractivity (Wildman–Crippen MR) is 86.3 cm³/mol. The number of aromatic carboxylic acids is 1. The van der Waals surface area contributed by atoms with E-state index in [1.807, 2.05) is 31.2 Å². The molecule has 0 aliphatic rings. The van der Waals surface area contributed by atoms with Crippen LogP contribution in [0.1, 0.15) is 15.9 Å². The monoisotopic (exact) mass is 349 g/mol. The molecule has 5 heteroatoms. The Balaban J connectivity index is 1.92. The van der Waals surface area contributed by atoms with Crippen LogP contribution in [-0.4, -0.2) is 24.2 Å². The smallest absolute Gasteiger partial charge is 0.337 e. The number of aryl methyl sites for hydroxylation is 1. The van der Waals surface area contributed by atoms with E-state index < -0.39 is 5.97 Å². The first-order valence-corrected chi connectivity index (χ1v) is 7.32. The van der Waals surface area contributed by atoms with Crippen molar-refractivity contribution in [3.63, 3.8) is 0 Å². The third-order valence-electron chi connectivity index (χ3n) is 2.98. The maximum Gasteiger partial charge on any atom is 0.337 e. The highest BCUT2D eigenvalue weighted by molar-refractivity contribution is 9.10. The zero-order valence-electron chi connectivity index (χ0n) is 11.6. The molecule has 0 saturated heterocycles. The van der Waals surface area contributed by atoms with E-state index in [0.717, 1.165) is 15.8 Å². The first-order chi connectivity index (χ1) is 10.1. The van der Waals surface area contributed by atoms with Gasteiger partial charge in [-0.15, -0.1) is 0 Å². The van der Waals surface area contributed by atoms with Gasteiger partial charge < -0.3 is 15.2 Å².